The highest BCUT2D eigenvalue weighted by molar-refractivity contribution is 7.10. The highest BCUT2D eigenvalue weighted by atomic mass is 32.1. The van der Waals surface area contributed by atoms with E-state index in [0.717, 1.165) is 30.6 Å². The first kappa shape index (κ1) is 15.6. The van der Waals surface area contributed by atoms with Gasteiger partial charge in [0.15, 0.2) is 0 Å². The molecule has 24 heavy (non-hydrogen) atoms. The van der Waals surface area contributed by atoms with E-state index < -0.39 is 11.6 Å². The molecule has 0 aromatic carbocycles. The molecule has 3 aliphatic rings. The Labute approximate surface area is 144 Å². The Morgan fingerprint density at radius 1 is 1.38 bits per heavy atom. The van der Waals surface area contributed by atoms with Crippen molar-refractivity contribution in [2.45, 2.75) is 44.2 Å². The predicted octanol–water partition coefficient (Wildman–Crippen LogP) is 2.13. The summed E-state index contributed by atoms with van der Waals surface area (Å²) in [6.45, 7) is 2.31. The van der Waals surface area contributed by atoms with Crippen LogP contribution in [0.25, 0.3) is 0 Å². The number of hydrogen-bond donors (Lipinski definition) is 1. The van der Waals surface area contributed by atoms with Crippen LogP contribution >= 0.6 is 11.3 Å². The van der Waals surface area contributed by atoms with Gasteiger partial charge in [0.05, 0.1) is 6.04 Å². The molecular formula is C17H21N3O3S. The van der Waals surface area contributed by atoms with E-state index >= 15 is 0 Å². The number of nitrogens with zero attached hydrogens (tertiary/aromatic N) is 2. The van der Waals surface area contributed by atoms with Gasteiger partial charge < -0.3 is 10.2 Å². The van der Waals surface area contributed by atoms with Crippen LogP contribution in [0, 0.1) is 5.92 Å². The molecule has 1 aromatic heterocycles. The van der Waals surface area contributed by atoms with Crippen LogP contribution in [-0.4, -0.2) is 46.3 Å². The fourth-order valence-corrected chi connectivity index (χ4v) is 4.74. The standard InChI is InChI=1S/C17H21N3O3S/c1-17(11-6-7-11)15(22)20(16(23)18-17)10-14(21)19-8-2-4-12(19)13-5-3-9-24-13/h3,5,9,11-12H,2,4,6-8,10H2,1H3,(H,18,23). The molecule has 1 aromatic rings. The van der Waals surface area contributed by atoms with Gasteiger partial charge in [0.2, 0.25) is 5.91 Å². The summed E-state index contributed by atoms with van der Waals surface area (Å²) >= 11 is 1.64. The van der Waals surface area contributed by atoms with Crippen LogP contribution < -0.4 is 5.32 Å². The zero-order valence-corrected chi connectivity index (χ0v) is 14.5. The van der Waals surface area contributed by atoms with Crippen molar-refractivity contribution in [2.75, 3.05) is 13.1 Å². The maximum absolute atomic E-state index is 12.8. The zero-order chi connectivity index (χ0) is 16.9. The van der Waals surface area contributed by atoms with Crippen LogP contribution in [0.5, 0.6) is 0 Å². The summed E-state index contributed by atoms with van der Waals surface area (Å²) in [5.74, 6) is -0.190. The number of thiophene rings is 1. The lowest BCUT2D eigenvalue weighted by molar-refractivity contribution is -0.139. The lowest BCUT2D eigenvalue weighted by atomic mass is 9.96. The molecule has 2 saturated heterocycles. The van der Waals surface area contributed by atoms with Crippen molar-refractivity contribution >= 4 is 29.2 Å². The normalized spacial score (nSPS) is 30.1. The summed E-state index contributed by atoms with van der Waals surface area (Å²) in [5, 5.41) is 4.80. The third-order valence-electron chi connectivity index (χ3n) is 5.43. The highest BCUT2D eigenvalue weighted by Gasteiger charge is 2.56. The first-order chi connectivity index (χ1) is 11.5. The SMILES string of the molecule is CC1(C2CC2)NC(=O)N(CC(=O)N2CCCC2c2cccs2)C1=O. The van der Waals surface area contributed by atoms with Crippen LogP contribution in [0.1, 0.15) is 43.5 Å². The number of carbonyl (C=O) groups is 3. The van der Waals surface area contributed by atoms with E-state index in [1.165, 1.54) is 4.88 Å². The number of imide groups is 1. The molecular weight excluding hydrogens is 326 g/mol. The number of amides is 4. The van der Waals surface area contributed by atoms with Crippen LogP contribution in [0.4, 0.5) is 4.79 Å². The fourth-order valence-electron chi connectivity index (χ4n) is 3.86. The lowest BCUT2D eigenvalue weighted by Crippen LogP contribution is -2.47. The van der Waals surface area contributed by atoms with Crippen LogP contribution in [0.2, 0.25) is 0 Å². The molecule has 0 bridgehead atoms. The third-order valence-corrected chi connectivity index (χ3v) is 6.41. The van der Waals surface area contributed by atoms with Gasteiger partial charge in [-0.1, -0.05) is 6.07 Å². The second-order valence-corrected chi connectivity index (χ2v) is 8.04. The molecule has 2 aliphatic heterocycles. The fraction of sp³-hybridized carbons (Fsp3) is 0.588. The Morgan fingerprint density at radius 2 is 2.17 bits per heavy atom. The summed E-state index contributed by atoms with van der Waals surface area (Å²) in [6.07, 6.45) is 3.80. The van der Waals surface area contributed by atoms with Crippen molar-refractivity contribution in [3.63, 3.8) is 0 Å². The molecule has 1 aliphatic carbocycles. The Balaban J connectivity index is 1.48. The molecule has 7 heteroatoms. The van der Waals surface area contributed by atoms with Gasteiger partial charge in [-0.05, 0) is 50.0 Å². The maximum atomic E-state index is 12.8. The molecule has 6 nitrogen and oxygen atoms in total. The average Bonchev–Trinajstić information content (AvgIpc) is 3.00. The van der Waals surface area contributed by atoms with E-state index in [0.29, 0.717) is 6.54 Å². The molecule has 1 N–H and O–H groups in total. The Kier molecular flexibility index (Phi) is 3.63. The van der Waals surface area contributed by atoms with Gasteiger partial charge in [0.25, 0.3) is 5.91 Å². The van der Waals surface area contributed by atoms with Crippen LogP contribution in [-0.2, 0) is 9.59 Å². The molecule has 3 fully saturated rings. The number of urea groups is 1. The summed E-state index contributed by atoms with van der Waals surface area (Å²) < 4.78 is 0. The van der Waals surface area contributed by atoms with Gasteiger partial charge in [-0.15, -0.1) is 11.3 Å². The van der Waals surface area contributed by atoms with Crippen molar-refractivity contribution in [1.29, 1.82) is 0 Å². The molecule has 2 atom stereocenters. The van der Waals surface area contributed by atoms with E-state index in [1.807, 2.05) is 22.4 Å². The van der Waals surface area contributed by atoms with Gasteiger partial charge in [0, 0.05) is 11.4 Å². The minimum absolute atomic E-state index is 0.0769. The number of rotatable bonds is 4. The highest BCUT2D eigenvalue weighted by Crippen LogP contribution is 2.42. The smallest absolute Gasteiger partial charge is 0.325 e. The molecule has 4 rings (SSSR count). The third kappa shape index (κ3) is 2.42. The number of likely N-dealkylation sites (tertiary alicyclic amines) is 1. The minimum Gasteiger partial charge on any atom is -0.333 e. The molecule has 2 unspecified atom stereocenters. The predicted molar refractivity (Wildman–Crippen MR) is 89.4 cm³/mol. The molecule has 3 heterocycles. The van der Waals surface area contributed by atoms with E-state index in [-0.39, 0.29) is 30.3 Å². The van der Waals surface area contributed by atoms with E-state index in [4.69, 9.17) is 0 Å². The van der Waals surface area contributed by atoms with Crippen molar-refractivity contribution in [1.82, 2.24) is 15.1 Å². The lowest BCUT2D eigenvalue weighted by Gasteiger charge is -2.26. The molecule has 0 spiro atoms. The van der Waals surface area contributed by atoms with Crippen molar-refractivity contribution in [2.24, 2.45) is 5.92 Å². The number of carbonyl (C=O) groups excluding carboxylic acids is 3. The zero-order valence-electron chi connectivity index (χ0n) is 13.7. The van der Waals surface area contributed by atoms with E-state index in [1.54, 1.807) is 18.3 Å². The number of nitrogens with one attached hydrogen (secondary N) is 1. The van der Waals surface area contributed by atoms with Gasteiger partial charge in [0.1, 0.15) is 12.1 Å². The molecule has 128 valence electrons. The topological polar surface area (TPSA) is 69.7 Å². The number of hydrogen-bond acceptors (Lipinski definition) is 4. The first-order valence-corrected chi connectivity index (χ1v) is 9.35. The summed E-state index contributed by atoms with van der Waals surface area (Å²) in [4.78, 5) is 41.7. The molecule has 1 saturated carbocycles. The van der Waals surface area contributed by atoms with Crippen molar-refractivity contribution in [3.05, 3.63) is 22.4 Å². The molecule has 4 amide bonds. The first-order valence-electron chi connectivity index (χ1n) is 8.47. The van der Waals surface area contributed by atoms with Crippen molar-refractivity contribution in [3.8, 4) is 0 Å². The van der Waals surface area contributed by atoms with Gasteiger partial charge >= 0.3 is 6.03 Å². The van der Waals surface area contributed by atoms with Gasteiger partial charge in [-0.2, -0.15) is 0 Å². The summed E-state index contributed by atoms with van der Waals surface area (Å²) in [5.41, 5.74) is -0.824. The molecule has 0 radical (unpaired) electrons. The second-order valence-electron chi connectivity index (χ2n) is 7.06. The summed E-state index contributed by atoms with van der Waals surface area (Å²) in [7, 11) is 0. The largest absolute Gasteiger partial charge is 0.333 e. The Bertz CT molecular complexity index is 685. The minimum atomic E-state index is -0.824. The Morgan fingerprint density at radius 3 is 2.83 bits per heavy atom. The van der Waals surface area contributed by atoms with Crippen LogP contribution in [0.15, 0.2) is 17.5 Å². The van der Waals surface area contributed by atoms with E-state index in [9.17, 15) is 14.4 Å². The monoisotopic (exact) mass is 347 g/mol. The Hall–Kier alpha value is -1.89. The summed E-state index contributed by atoms with van der Waals surface area (Å²) in [6, 6.07) is 3.67. The van der Waals surface area contributed by atoms with Crippen LogP contribution in [0.3, 0.4) is 0 Å². The maximum Gasteiger partial charge on any atom is 0.325 e. The van der Waals surface area contributed by atoms with Crippen molar-refractivity contribution < 1.29 is 14.4 Å². The van der Waals surface area contributed by atoms with Gasteiger partial charge in [-0.3, -0.25) is 14.5 Å². The van der Waals surface area contributed by atoms with E-state index in [2.05, 4.69) is 5.32 Å². The average molecular weight is 347 g/mol. The quantitative estimate of drug-likeness (QED) is 0.848. The second kappa shape index (κ2) is 5.58. The van der Waals surface area contributed by atoms with Gasteiger partial charge in [-0.25, -0.2) is 4.79 Å².